The van der Waals surface area contributed by atoms with Gasteiger partial charge in [0.1, 0.15) is 0 Å². The lowest BCUT2D eigenvalue weighted by Crippen LogP contribution is -2.53. The van der Waals surface area contributed by atoms with E-state index in [1.54, 1.807) is 5.57 Å². The maximum atomic E-state index is 6.10. The summed E-state index contributed by atoms with van der Waals surface area (Å²) < 4.78 is 6.10. The highest BCUT2D eigenvalue weighted by Crippen LogP contribution is 2.40. The molecule has 0 amide bonds. The monoisotopic (exact) mass is 279 g/mol. The molecule has 0 aromatic carbocycles. The predicted octanol–water partition coefficient (Wildman–Crippen LogP) is 4.45. The minimum Gasteiger partial charge on any atom is -0.376 e. The Morgan fingerprint density at radius 2 is 1.90 bits per heavy atom. The van der Waals surface area contributed by atoms with E-state index in [4.69, 9.17) is 4.74 Å². The Morgan fingerprint density at radius 3 is 2.55 bits per heavy atom. The molecule has 2 rings (SSSR count). The zero-order valence-electron chi connectivity index (χ0n) is 13.7. The molecule has 1 atom stereocenters. The van der Waals surface area contributed by atoms with E-state index in [1.807, 2.05) is 7.11 Å². The van der Waals surface area contributed by atoms with E-state index in [2.05, 4.69) is 25.4 Å². The maximum absolute atomic E-state index is 6.10. The normalized spacial score (nSPS) is 34.0. The molecule has 2 aliphatic carbocycles. The van der Waals surface area contributed by atoms with Gasteiger partial charge in [0.25, 0.3) is 0 Å². The highest BCUT2D eigenvalue weighted by Gasteiger charge is 2.42. The molecule has 0 saturated heterocycles. The lowest BCUT2D eigenvalue weighted by molar-refractivity contribution is -0.0655. The molecule has 20 heavy (non-hydrogen) atoms. The first-order valence-corrected chi connectivity index (χ1v) is 8.63. The first-order chi connectivity index (χ1) is 9.72. The van der Waals surface area contributed by atoms with Crippen molar-refractivity contribution in [1.29, 1.82) is 0 Å². The molecule has 0 heterocycles. The van der Waals surface area contributed by atoms with Gasteiger partial charge in [-0.1, -0.05) is 31.4 Å². The van der Waals surface area contributed by atoms with Crippen LogP contribution < -0.4 is 5.32 Å². The van der Waals surface area contributed by atoms with Gasteiger partial charge in [0.2, 0.25) is 0 Å². The average molecular weight is 279 g/mol. The Morgan fingerprint density at radius 1 is 1.20 bits per heavy atom. The summed E-state index contributed by atoms with van der Waals surface area (Å²) in [6.45, 7) is 2.38. The van der Waals surface area contributed by atoms with Crippen LogP contribution in [0.4, 0.5) is 0 Å². The van der Waals surface area contributed by atoms with Gasteiger partial charge in [0.15, 0.2) is 0 Å². The highest BCUT2D eigenvalue weighted by atomic mass is 16.5. The quantitative estimate of drug-likeness (QED) is 0.768. The summed E-state index contributed by atoms with van der Waals surface area (Å²) >= 11 is 0. The Labute approximate surface area is 125 Å². The van der Waals surface area contributed by atoms with Crippen LogP contribution in [-0.4, -0.2) is 25.8 Å². The van der Waals surface area contributed by atoms with Gasteiger partial charge in [0.05, 0.1) is 11.6 Å². The topological polar surface area (TPSA) is 21.3 Å². The number of ether oxygens (including phenoxy) is 1. The minimum atomic E-state index is 0.0340. The Bertz CT molecular complexity index is 315. The number of likely N-dealkylation sites (N-methyl/N-ethyl adjacent to an activating group) is 1. The molecule has 2 heteroatoms. The lowest BCUT2D eigenvalue weighted by Gasteiger charge is -2.45. The second kappa shape index (κ2) is 7.61. The maximum Gasteiger partial charge on any atom is 0.0869 e. The van der Waals surface area contributed by atoms with Crippen LogP contribution in [0.25, 0.3) is 0 Å². The van der Waals surface area contributed by atoms with Crippen molar-refractivity contribution in [1.82, 2.24) is 5.32 Å². The van der Waals surface area contributed by atoms with Crippen LogP contribution in [0.5, 0.6) is 0 Å². The molecule has 0 aliphatic heterocycles. The average Bonchev–Trinajstić information content (AvgIpc) is 2.44. The molecule has 1 N–H and O–H groups in total. The summed E-state index contributed by atoms with van der Waals surface area (Å²) in [6, 6.07) is 0.415. The predicted molar refractivity (Wildman–Crippen MR) is 86.0 cm³/mol. The van der Waals surface area contributed by atoms with Gasteiger partial charge < -0.3 is 10.1 Å². The number of nitrogens with one attached hydrogen (secondary N) is 1. The summed E-state index contributed by atoms with van der Waals surface area (Å²) in [6.07, 6.45) is 15.5. The van der Waals surface area contributed by atoms with Crippen molar-refractivity contribution in [2.24, 2.45) is 5.92 Å². The fraction of sp³-hybridized carbons (Fsp3) is 0.889. The first kappa shape index (κ1) is 16.0. The summed E-state index contributed by atoms with van der Waals surface area (Å²) in [4.78, 5) is 0. The third-order valence-electron chi connectivity index (χ3n) is 5.54. The zero-order valence-corrected chi connectivity index (χ0v) is 13.7. The SMILES string of the molecule is CNC(C1=CCCCCCC1)C1(OC)CCC(C)CC1. The Balaban J connectivity index is 2.15. The summed E-state index contributed by atoms with van der Waals surface area (Å²) in [5.41, 5.74) is 1.65. The molecule has 1 unspecified atom stereocenters. The van der Waals surface area contributed by atoms with E-state index >= 15 is 0 Å². The van der Waals surface area contributed by atoms with E-state index in [0.29, 0.717) is 6.04 Å². The molecule has 0 aromatic rings. The van der Waals surface area contributed by atoms with E-state index < -0.39 is 0 Å². The first-order valence-electron chi connectivity index (χ1n) is 8.63. The van der Waals surface area contributed by atoms with Crippen LogP contribution in [0.2, 0.25) is 0 Å². The molecular weight excluding hydrogens is 246 g/mol. The lowest BCUT2D eigenvalue weighted by atomic mass is 9.72. The molecule has 0 radical (unpaired) electrons. The molecule has 1 fully saturated rings. The van der Waals surface area contributed by atoms with E-state index in [0.717, 1.165) is 5.92 Å². The van der Waals surface area contributed by atoms with Gasteiger partial charge >= 0.3 is 0 Å². The Kier molecular flexibility index (Phi) is 6.10. The molecular formula is C18H33NO. The van der Waals surface area contributed by atoms with Crippen LogP contribution in [0.3, 0.4) is 0 Å². The molecule has 2 aliphatic rings. The van der Waals surface area contributed by atoms with E-state index in [1.165, 1.54) is 64.2 Å². The molecule has 0 bridgehead atoms. The van der Waals surface area contributed by atoms with Crippen molar-refractivity contribution >= 4 is 0 Å². The number of hydrogen-bond acceptors (Lipinski definition) is 2. The van der Waals surface area contributed by atoms with Gasteiger partial charge in [-0.15, -0.1) is 0 Å². The van der Waals surface area contributed by atoms with E-state index in [-0.39, 0.29) is 5.60 Å². The third-order valence-corrected chi connectivity index (χ3v) is 5.54. The van der Waals surface area contributed by atoms with Crippen molar-refractivity contribution in [3.63, 3.8) is 0 Å². The summed E-state index contributed by atoms with van der Waals surface area (Å²) in [5, 5.41) is 3.60. The standard InChI is InChI=1S/C18H33NO/c1-15-11-13-18(20-3,14-12-15)17(19-2)16-9-7-5-4-6-8-10-16/h9,15,17,19H,4-8,10-14H2,1-3H3. The van der Waals surface area contributed by atoms with Gasteiger partial charge in [-0.2, -0.15) is 0 Å². The van der Waals surface area contributed by atoms with E-state index in [9.17, 15) is 0 Å². The third kappa shape index (κ3) is 3.65. The fourth-order valence-corrected chi connectivity index (χ4v) is 4.13. The minimum absolute atomic E-state index is 0.0340. The van der Waals surface area contributed by atoms with Crippen LogP contribution in [-0.2, 0) is 4.74 Å². The smallest absolute Gasteiger partial charge is 0.0869 e. The molecule has 2 nitrogen and oxygen atoms in total. The molecule has 0 aromatic heterocycles. The molecule has 116 valence electrons. The van der Waals surface area contributed by atoms with Crippen LogP contribution in [0, 0.1) is 5.92 Å². The second-order valence-electron chi connectivity index (χ2n) is 6.91. The van der Waals surface area contributed by atoms with Crippen molar-refractivity contribution in [3.05, 3.63) is 11.6 Å². The van der Waals surface area contributed by atoms with Gasteiger partial charge in [-0.05, 0) is 64.3 Å². The second-order valence-corrected chi connectivity index (χ2v) is 6.91. The van der Waals surface area contributed by atoms with Crippen molar-refractivity contribution in [3.8, 4) is 0 Å². The Hall–Kier alpha value is -0.340. The van der Waals surface area contributed by atoms with Crippen LogP contribution in [0.15, 0.2) is 11.6 Å². The van der Waals surface area contributed by atoms with Gasteiger partial charge in [0, 0.05) is 7.11 Å². The van der Waals surface area contributed by atoms with Crippen molar-refractivity contribution < 1.29 is 4.74 Å². The van der Waals surface area contributed by atoms with Crippen LogP contribution >= 0.6 is 0 Å². The number of methoxy groups -OCH3 is 1. The number of rotatable bonds is 4. The zero-order chi connectivity index (χ0) is 14.4. The fourth-order valence-electron chi connectivity index (χ4n) is 4.13. The molecule has 1 saturated carbocycles. The molecule has 0 spiro atoms. The van der Waals surface area contributed by atoms with Crippen LogP contribution in [0.1, 0.15) is 71.1 Å². The highest BCUT2D eigenvalue weighted by molar-refractivity contribution is 5.19. The summed E-state index contributed by atoms with van der Waals surface area (Å²) in [5.74, 6) is 0.863. The summed E-state index contributed by atoms with van der Waals surface area (Å²) in [7, 11) is 4.03. The van der Waals surface area contributed by atoms with Gasteiger partial charge in [-0.25, -0.2) is 0 Å². The number of hydrogen-bond donors (Lipinski definition) is 1. The largest absolute Gasteiger partial charge is 0.376 e. The van der Waals surface area contributed by atoms with Gasteiger partial charge in [-0.3, -0.25) is 0 Å². The van der Waals surface area contributed by atoms with Crippen molar-refractivity contribution in [2.75, 3.05) is 14.2 Å². The number of allylic oxidation sites excluding steroid dienone is 1. The van der Waals surface area contributed by atoms with Crippen molar-refractivity contribution in [2.45, 2.75) is 82.8 Å².